The number of rotatable bonds is 2. The van der Waals surface area contributed by atoms with Gasteiger partial charge in [0, 0.05) is 58.2 Å². The average molecular weight is 361 g/mol. The topological polar surface area (TPSA) is 71.0 Å². The van der Waals surface area contributed by atoms with Crippen LogP contribution in [0.1, 0.15) is 29.2 Å². The van der Waals surface area contributed by atoms with E-state index in [1.807, 2.05) is 17.9 Å². The number of carbonyl (C=O) groups excluding carboxylic acids is 1. The molecule has 8 nitrogen and oxygen atoms in total. The first-order valence-electron chi connectivity index (χ1n) is 9.41. The van der Waals surface area contributed by atoms with E-state index in [2.05, 4.69) is 26.8 Å². The number of carbonyl (C=O) groups is 1. The van der Waals surface area contributed by atoms with Gasteiger partial charge in [0.1, 0.15) is 17.3 Å². The largest absolute Gasteiger partial charge is 0.354 e. The van der Waals surface area contributed by atoms with Crippen molar-refractivity contribution in [1.82, 2.24) is 19.8 Å². The van der Waals surface area contributed by atoms with Crippen LogP contribution in [-0.4, -0.2) is 91.0 Å². The highest BCUT2D eigenvalue weighted by Gasteiger charge is 2.41. The molecule has 3 saturated heterocycles. The maximum atomic E-state index is 13.0. The van der Waals surface area contributed by atoms with Crippen LogP contribution in [0.4, 0.5) is 5.82 Å². The Morgan fingerprint density at radius 2 is 1.69 bits per heavy atom. The summed E-state index contributed by atoms with van der Waals surface area (Å²) < 4.78 is 11.5. The molecule has 4 rings (SSSR count). The van der Waals surface area contributed by atoms with Gasteiger partial charge in [0.2, 0.25) is 0 Å². The first-order chi connectivity index (χ1) is 12.5. The summed E-state index contributed by atoms with van der Waals surface area (Å²) in [7, 11) is 2.12. The van der Waals surface area contributed by atoms with Gasteiger partial charge in [0.25, 0.3) is 5.91 Å². The minimum atomic E-state index is -0.469. The van der Waals surface area contributed by atoms with Gasteiger partial charge in [0.05, 0.1) is 13.2 Å². The van der Waals surface area contributed by atoms with Crippen molar-refractivity contribution in [1.29, 1.82) is 0 Å². The summed E-state index contributed by atoms with van der Waals surface area (Å²) in [4.78, 5) is 28.3. The number of anilines is 1. The van der Waals surface area contributed by atoms with E-state index >= 15 is 0 Å². The number of likely N-dealkylation sites (N-methyl/N-ethyl adjacent to an activating group) is 1. The number of piperidine rings is 1. The number of aryl methyl sites for hydroxylation is 1. The number of aromatic nitrogens is 2. The lowest BCUT2D eigenvalue weighted by Gasteiger charge is -2.37. The second-order valence-corrected chi connectivity index (χ2v) is 7.35. The minimum Gasteiger partial charge on any atom is -0.354 e. The number of piperazine rings is 1. The molecule has 0 aromatic carbocycles. The Hall–Kier alpha value is -1.77. The van der Waals surface area contributed by atoms with Crippen molar-refractivity contribution in [2.45, 2.75) is 25.6 Å². The summed E-state index contributed by atoms with van der Waals surface area (Å²) in [5.74, 6) is 0.993. The Kier molecular flexibility index (Phi) is 4.81. The molecule has 0 atom stereocenters. The lowest BCUT2D eigenvalue weighted by atomic mass is 10.0. The summed E-state index contributed by atoms with van der Waals surface area (Å²) >= 11 is 0. The van der Waals surface area contributed by atoms with E-state index in [0.717, 1.165) is 32.0 Å². The molecule has 3 fully saturated rings. The maximum Gasteiger partial charge on any atom is 0.272 e. The van der Waals surface area contributed by atoms with E-state index in [0.29, 0.717) is 50.7 Å². The van der Waals surface area contributed by atoms with E-state index in [1.54, 1.807) is 0 Å². The third-order valence-corrected chi connectivity index (χ3v) is 5.50. The molecule has 0 N–H and O–H groups in total. The Morgan fingerprint density at radius 3 is 2.35 bits per heavy atom. The van der Waals surface area contributed by atoms with E-state index in [9.17, 15) is 4.79 Å². The predicted molar refractivity (Wildman–Crippen MR) is 96.3 cm³/mol. The van der Waals surface area contributed by atoms with E-state index in [4.69, 9.17) is 9.47 Å². The fraction of sp³-hybridized carbons (Fsp3) is 0.722. The molecule has 0 bridgehead atoms. The van der Waals surface area contributed by atoms with Gasteiger partial charge < -0.3 is 24.2 Å². The van der Waals surface area contributed by atoms with Gasteiger partial charge >= 0.3 is 0 Å². The highest BCUT2D eigenvalue weighted by Crippen LogP contribution is 2.31. The molecule has 0 saturated carbocycles. The Bertz CT molecular complexity index is 659. The van der Waals surface area contributed by atoms with Crippen LogP contribution in [0.15, 0.2) is 6.07 Å². The van der Waals surface area contributed by atoms with Gasteiger partial charge in [-0.25, -0.2) is 9.97 Å². The van der Waals surface area contributed by atoms with Gasteiger partial charge in [-0.05, 0) is 14.0 Å². The standard InChI is InChI=1S/C18H27N5O3/c1-14-19-15(13-16(20-14)22-9-7-21(2)8-10-22)17(24)23-5-3-18(4-6-23)25-11-12-26-18/h13H,3-12H2,1-2H3. The van der Waals surface area contributed by atoms with Crippen LogP contribution in [0.2, 0.25) is 0 Å². The first-order valence-corrected chi connectivity index (χ1v) is 9.41. The van der Waals surface area contributed by atoms with Gasteiger partial charge in [-0.15, -0.1) is 0 Å². The molecule has 1 aromatic heterocycles. The molecule has 1 amide bonds. The summed E-state index contributed by atoms with van der Waals surface area (Å²) in [6.45, 7) is 8.24. The van der Waals surface area contributed by atoms with Gasteiger partial charge in [0.15, 0.2) is 5.79 Å². The second kappa shape index (κ2) is 7.09. The quantitative estimate of drug-likeness (QED) is 0.760. The van der Waals surface area contributed by atoms with Crippen LogP contribution < -0.4 is 4.90 Å². The number of hydrogen-bond donors (Lipinski definition) is 0. The molecule has 3 aliphatic rings. The summed E-state index contributed by atoms with van der Waals surface area (Å²) in [6, 6.07) is 1.84. The molecule has 8 heteroatoms. The van der Waals surface area contributed by atoms with Crippen molar-refractivity contribution in [2.24, 2.45) is 0 Å². The third kappa shape index (κ3) is 3.54. The van der Waals surface area contributed by atoms with Crippen molar-refractivity contribution < 1.29 is 14.3 Å². The number of ether oxygens (including phenoxy) is 2. The van der Waals surface area contributed by atoms with Crippen molar-refractivity contribution in [3.05, 3.63) is 17.6 Å². The number of likely N-dealkylation sites (tertiary alicyclic amines) is 1. The molecule has 0 radical (unpaired) electrons. The minimum absolute atomic E-state index is 0.0290. The highest BCUT2D eigenvalue weighted by atomic mass is 16.7. The van der Waals surface area contributed by atoms with Crippen LogP contribution in [0.5, 0.6) is 0 Å². The smallest absolute Gasteiger partial charge is 0.272 e. The van der Waals surface area contributed by atoms with Gasteiger partial charge in [-0.3, -0.25) is 4.79 Å². The molecule has 142 valence electrons. The number of nitrogens with zero attached hydrogens (tertiary/aromatic N) is 5. The van der Waals surface area contributed by atoms with Crippen molar-refractivity contribution in [2.75, 3.05) is 64.4 Å². The van der Waals surface area contributed by atoms with Crippen LogP contribution in [-0.2, 0) is 9.47 Å². The molecule has 1 aromatic rings. The summed E-state index contributed by atoms with van der Waals surface area (Å²) in [5, 5.41) is 0. The van der Waals surface area contributed by atoms with Crippen molar-refractivity contribution in [3.63, 3.8) is 0 Å². The van der Waals surface area contributed by atoms with Gasteiger partial charge in [-0.2, -0.15) is 0 Å². The van der Waals surface area contributed by atoms with Crippen LogP contribution >= 0.6 is 0 Å². The molecule has 0 aliphatic carbocycles. The normalized spacial score (nSPS) is 23.6. The zero-order valence-electron chi connectivity index (χ0n) is 15.6. The lowest BCUT2D eigenvalue weighted by molar-refractivity contribution is -0.181. The lowest BCUT2D eigenvalue weighted by Crippen LogP contribution is -2.47. The summed E-state index contributed by atoms with van der Waals surface area (Å²) in [5.41, 5.74) is 0.482. The zero-order valence-corrected chi connectivity index (χ0v) is 15.6. The van der Waals surface area contributed by atoms with Crippen LogP contribution in [0, 0.1) is 6.92 Å². The predicted octanol–water partition coefficient (Wildman–Crippen LogP) is 0.516. The number of amides is 1. The third-order valence-electron chi connectivity index (χ3n) is 5.50. The van der Waals surface area contributed by atoms with Gasteiger partial charge in [-0.1, -0.05) is 0 Å². The fourth-order valence-corrected chi connectivity index (χ4v) is 3.86. The van der Waals surface area contributed by atoms with E-state index in [-0.39, 0.29) is 5.91 Å². The highest BCUT2D eigenvalue weighted by molar-refractivity contribution is 5.93. The molecule has 4 heterocycles. The van der Waals surface area contributed by atoms with E-state index in [1.165, 1.54) is 0 Å². The molecule has 26 heavy (non-hydrogen) atoms. The molecule has 3 aliphatic heterocycles. The zero-order chi connectivity index (χ0) is 18.1. The SMILES string of the molecule is Cc1nc(C(=O)N2CCC3(CC2)OCCO3)cc(N2CCN(C)CC2)n1. The Morgan fingerprint density at radius 1 is 1.04 bits per heavy atom. The average Bonchev–Trinajstić information content (AvgIpc) is 3.10. The number of hydrogen-bond acceptors (Lipinski definition) is 7. The van der Waals surface area contributed by atoms with Crippen LogP contribution in [0.3, 0.4) is 0 Å². The first kappa shape index (κ1) is 17.6. The Balaban J connectivity index is 1.46. The Labute approximate surface area is 154 Å². The maximum absolute atomic E-state index is 13.0. The monoisotopic (exact) mass is 361 g/mol. The van der Waals surface area contributed by atoms with E-state index < -0.39 is 5.79 Å². The van der Waals surface area contributed by atoms with Crippen LogP contribution in [0.25, 0.3) is 0 Å². The van der Waals surface area contributed by atoms with Crippen molar-refractivity contribution in [3.8, 4) is 0 Å². The molecular formula is C18H27N5O3. The second-order valence-electron chi connectivity index (χ2n) is 7.35. The van der Waals surface area contributed by atoms with Crippen molar-refractivity contribution >= 4 is 11.7 Å². The summed E-state index contributed by atoms with van der Waals surface area (Å²) in [6.07, 6.45) is 1.43. The molecular weight excluding hydrogens is 334 g/mol. The molecule has 1 spiro atoms. The fourth-order valence-electron chi connectivity index (χ4n) is 3.86. The molecule has 0 unspecified atom stereocenters.